The molecular formula is C23H30N6O2. The van der Waals surface area contributed by atoms with Crippen molar-refractivity contribution in [3.63, 3.8) is 0 Å². The van der Waals surface area contributed by atoms with Crippen LogP contribution in [0.3, 0.4) is 0 Å². The second kappa shape index (κ2) is 11.1. The summed E-state index contributed by atoms with van der Waals surface area (Å²) < 4.78 is 7.42. The van der Waals surface area contributed by atoms with E-state index in [2.05, 4.69) is 25.7 Å². The van der Waals surface area contributed by atoms with Crippen molar-refractivity contribution in [1.29, 1.82) is 0 Å². The van der Waals surface area contributed by atoms with E-state index in [0.29, 0.717) is 19.0 Å². The quantitative estimate of drug-likeness (QED) is 0.362. The number of hydrogen-bond donors (Lipinski definition) is 3. The highest BCUT2D eigenvalue weighted by Gasteiger charge is 2.10. The van der Waals surface area contributed by atoms with Gasteiger partial charge < -0.3 is 20.5 Å². The number of aliphatic hydroxyl groups is 1. The standard InChI is InChI=1S/C23H30N6O2/c1-4-25-23(26-13-18-8-10-20(11-9-18)29-16-24-15-28-29)27-14-22(30)19-6-5-7-21(12-19)31-17(2)3/h5-12,15-17,22,30H,4,13-14H2,1-3H3,(H2,25,26,27). The molecule has 31 heavy (non-hydrogen) atoms. The largest absolute Gasteiger partial charge is 0.491 e. The lowest BCUT2D eigenvalue weighted by molar-refractivity contribution is 0.179. The first-order valence-electron chi connectivity index (χ1n) is 10.5. The average molecular weight is 423 g/mol. The van der Waals surface area contributed by atoms with Gasteiger partial charge in [0, 0.05) is 13.1 Å². The van der Waals surface area contributed by atoms with Crippen molar-refractivity contribution >= 4 is 5.96 Å². The molecule has 2 aromatic carbocycles. The predicted octanol–water partition coefficient (Wildman–Crippen LogP) is 2.84. The number of aliphatic imine (C=N–C) groups is 1. The first-order chi connectivity index (χ1) is 15.0. The number of aromatic nitrogens is 3. The SMILES string of the molecule is CCNC(=NCc1ccc(-n2cncn2)cc1)NCC(O)c1cccc(OC(C)C)c1. The van der Waals surface area contributed by atoms with E-state index in [1.807, 2.05) is 69.3 Å². The second-order valence-corrected chi connectivity index (χ2v) is 7.34. The first kappa shape index (κ1) is 22.3. The molecule has 0 spiro atoms. The third-order valence-electron chi connectivity index (χ3n) is 4.46. The Morgan fingerprint density at radius 3 is 2.65 bits per heavy atom. The number of benzene rings is 2. The topological polar surface area (TPSA) is 96.6 Å². The maximum atomic E-state index is 10.6. The van der Waals surface area contributed by atoms with Crippen molar-refractivity contribution in [2.75, 3.05) is 13.1 Å². The lowest BCUT2D eigenvalue weighted by Crippen LogP contribution is -2.39. The van der Waals surface area contributed by atoms with Crippen LogP contribution < -0.4 is 15.4 Å². The van der Waals surface area contributed by atoms with Gasteiger partial charge in [-0.1, -0.05) is 24.3 Å². The third-order valence-corrected chi connectivity index (χ3v) is 4.46. The van der Waals surface area contributed by atoms with Crippen LogP contribution in [-0.2, 0) is 6.54 Å². The van der Waals surface area contributed by atoms with Crippen molar-refractivity contribution < 1.29 is 9.84 Å². The number of ether oxygens (including phenoxy) is 1. The molecule has 0 saturated heterocycles. The van der Waals surface area contributed by atoms with Crippen LogP contribution in [0, 0.1) is 0 Å². The van der Waals surface area contributed by atoms with Gasteiger partial charge in [0.1, 0.15) is 18.4 Å². The summed E-state index contributed by atoms with van der Waals surface area (Å²) in [5, 5.41) is 21.1. The molecule has 164 valence electrons. The lowest BCUT2D eigenvalue weighted by Gasteiger charge is -2.17. The smallest absolute Gasteiger partial charge is 0.191 e. The van der Waals surface area contributed by atoms with Gasteiger partial charge in [-0.15, -0.1) is 0 Å². The number of hydrogen-bond acceptors (Lipinski definition) is 5. The zero-order chi connectivity index (χ0) is 22.1. The zero-order valence-corrected chi connectivity index (χ0v) is 18.2. The van der Waals surface area contributed by atoms with Gasteiger partial charge in [-0.3, -0.25) is 0 Å². The van der Waals surface area contributed by atoms with Gasteiger partial charge in [0.2, 0.25) is 0 Å². The molecule has 0 amide bonds. The Kier molecular flexibility index (Phi) is 8.00. The number of nitrogens with zero attached hydrogens (tertiary/aromatic N) is 4. The molecule has 1 aromatic heterocycles. The molecule has 3 rings (SSSR count). The van der Waals surface area contributed by atoms with E-state index in [-0.39, 0.29) is 6.10 Å². The van der Waals surface area contributed by atoms with Crippen molar-refractivity contribution in [1.82, 2.24) is 25.4 Å². The minimum Gasteiger partial charge on any atom is -0.491 e. The Morgan fingerprint density at radius 1 is 1.16 bits per heavy atom. The number of rotatable bonds is 9. The van der Waals surface area contributed by atoms with Gasteiger partial charge in [0.25, 0.3) is 0 Å². The number of nitrogens with one attached hydrogen (secondary N) is 2. The molecule has 1 heterocycles. The monoisotopic (exact) mass is 422 g/mol. The molecular weight excluding hydrogens is 392 g/mol. The zero-order valence-electron chi connectivity index (χ0n) is 18.2. The van der Waals surface area contributed by atoms with Gasteiger partial charge in [-0.25, -0.2) is 14.7 Å². The molecule has 1 atom stereocenters. The number of aliphatic hydroxyl groups excluding tert-OH is 1. The van der Waals surface area contributed by atoms with Crippen LogP contribution in [0.4, 0.5) is 0 Å². The molecule has 3 N–H and O–H groups in total. The van der Waals surface area contributed by atoms with Gasteiger partial charge >= 0.3 is 0 Å². The highest BCUT2D eigenvalue weighted by Crippen LogP contribution is 2.20. The normalized spacial score (nSPS) is 12.6. The van der Waals surface area contributed by atoms with E-state index in [9.17, 15) is 5.11 Å². The van der Waals surface area contributed by atoms with E-state index in [1.54, 1.807) is 11.0 Å². The highest BCUT2D eigenvalue weighted by molar-refractivity contribution is 5.79. The van der Waals surface area contributed by atoms with Crippen molar-refractivity contribution in [3.05, 3.63) is 72.3 Å². The molecule has 0 radical (unpaired) electrons. The molecule has 0 aliphatic heterocycles. The molecule has 1 unspecified atom stereocenters. The van der Waals surface area contributed by atoms with Crippen molar-refractivity contribution in [2.24, 2.45) is 4.99 Å². The van der Waals surface area contributed by atoms with Gasteiger partial charge in [0.05, 0.1) is 24.4 Å². The van der Waals surface area contributed by atoms with E-state index in [1.165, 1.54) is 6.33 Å². The summed E-state index contributed by atoms with van der Waals surface area (Å²) in [6.45, 7) is 7.54. The fraction of sp³-hybridized carbons (Fsp3) is 0.348. The highest BCUT2D eigenvalue weighted by atomic mass is 16.5. The summed E-state index contributed by atoms with van der Waals surface area (Å²) in [5.74, 6) is 1.40. The summed E-state index contributed by atoms with van der Waals surface area (Å²) in [5.41, 5.74) is 2.81. The molecule has 0 bridgehead atoms. The molecule has 0 aliphatic rings. The molecule has 8 nitrogen and oxygen atoms in total. The molecule has 3 aromatic rings. The van der Waals surface area contributed by atoms with Gasteiger partial charge in [-0.05, 0) is 56.2 Å². The van der Waals surface area contributed by atoms with E-state index < -0.39 is 6.10 Å². The maximum Gasteiger partial charge on any atom is 0.191 e. The van der Waals surface area contributed by atoms with Gasteiger partial charge in [-0.2, -0.15) is 5.10 Å². The molecule has 0 aliphatic carbocycles. The number of guanidine groups is 1. The van der Waals surface area contributed by atoms with Crippen LogP contribution in [0.25, 0.3) is 5.69 Å². The fourth-order valence-corrected chi connectivity index (χ4v) is 2.99. The summed E-state index contributed by atoms with van der Waals surface area (Å²) in [6, 6.07) is 15.5. The summed E-state index contributed by atoms with van der Waals surface area (Å²) in [6.07, 6.45) is 2.58. The van der Waals surface area contributed by atoms with E-state index in [4.69, 9.17) is 4.74 Å². The second-order valence-electron chi connectivity index (χ2n) is 7.34. The van der Waals surface area contributed by atoms with Crippen LogP contribution in [0.2, 0.25) is 0 Å². The van der Waals surface area contributed by atoms with Crippen LogP contribution in [0.15, 0.2) is 66.2 Å². The molecule has 0 saturated carbocycles. The van der Waals surface area contributed by atoms with Gasteiger partial charge in [0.15, 0.2) is 5.96 Å². The van der Waals surface area contributed by atoms with Crippen LogP contribution in [0.5, 0.6) is 5.75 Å². The summed E-state index contributed by atoms with van der Waals surface area (Å²) in [7, 11) is 0. The van der Waals surface area contributed by atoms with E-state index >= 15 is 0 Å². The van der Waals surface area contributed by atoms with Crippen LogP contribution in [0.1, 0.15) is 38.0 Å². The Balaban J connectivity index is 1.58. The first-order valence-corrected chi connectivity index (χ1v) is 10.5. The van der Waals surface area contributed by atoms with Crippen LogP contribution >= 0.6 is 0 Å². The predicted molar refractivity (Wildman–Crippen MR) is 121 cm³/mol. The van der Waals surface area contributed by atoms with E-state index in [0.717, 1.165) is 29.1 Å². The minimum absolute atomic E-state index is 0.0864. The fourth-order valence-electron chi connectivity index (χ4n) is 2.99. The Bertz CT molecular complexity index is 954. The average Bonchev–Trinajstić information content (AvgIpc) is 3.30. The Morgan fingerprint density at radius 2 is 1.97 bits per heavy atom. The van der Waals surface area contributed by atoms with Crippen molar-refractivity contribution in [2.45, 2.75) is 39.5 Å². The maximum absolute atomic E-state index is 10.6. The summed E-state index contributed by atoms with van der Waals surface area (Å²) >= 11 is 0. The molecule has 0 fully saturated rings. The lowest BCUT2D eigenvalue weighted by atomic mass is 10.1. The third kappa shape index (κ3) is 6.82. The molecule has 8 heteroatoms. The Hall–Kier alpha value is -3.39. The van der Waals surface area contributed by atoms with Crippen molar-refractivity contribution in [3.8, 4) is 11.4 Å². The minimum atomic E-state index is -0.679. The van der Waals surface area contributed by atoms with Crippen LogP contribution in [-0.4, -0.2) is 45.0 Å². The Labute approximate surface area is 183 Å². The summed E-state index contributed by atoms with van der Waals surface area (Å²) in [4.78, 5) is 8.58.